The molecule has 1 atom stereocenters. The zero-order chi connectivity index (χ0) is 13.7. The minimum atomic E-state index is -0.813. The normalized spacial score (nSPS) is 12.0. The fourth-order valence-corrected chi connectivity index (χ4v) is 2.11. The van der Waals surface area contributed by atoms with E-state index in [2.05, 4.69) is 0 Å². The Hall–Kier alpha value is -2.29. The lowest BCUT2D eigenvalue weighted by molar-refractivity contribution is -0.141. The van der Waals surface area contributed by atoms with E-state index in [4.69, 9.17) is 0 Å². The van der Waals surface area contributed by atoms with Crippen molar-refractivity contribution in [3.63, 3.8) is 0 Å². The van der Waals surface area contributed by atoms with Crippen LogP contribution in [0.1, 0.15) is 11.1 Å². The van der Waals surface area contributed by atoms with Crippen LogP contribution in [0.3, 0.4) is 0 Å². The van der Waals surface area contributed by atoms with Crippen molar-refractivity contribution in [1.29, 1.82) is 0 Å². The molecule has 0 aliphatic rings. The lowest BCUT2D eigenvalue weighted by Crippen LogP contribution is -2.19. The van der Waals surface area contributed by atoms with Crippen LogP contribution in [0, 0.1) is 5.92 Å². The predicted octanol–water partition coefficient (Wildman–Crippen LogP) is 2.88. The van der Waals surface area contributed by atoms with Gasteiger partial charge in [0.2, 0.25) is 0 Å². The molecule has 2 rings (SSSR count). The SMILES string of the molecule is O=C(O)C(Cc1ccccc1)Cc1cccc(O)c1. The van der Waals surface area contributed by atoms with Crippen molar-refractivity contribution in [1.82, 2.24) is 0 Å². The van der Waals surface area contributed by atoms with Gasteiger partial charge in [-0.25, -0.2) is 0 Å². The number of carboxylic acid groups (broad SMARTS) is 1. The average Bonchev–Trinajstić information content (AvgIpc) is 2.39. The highest BCUT2D eigenvalue weighted by atomic mass is 16.4. The Morgan fingerprint density at radius 3 is 2.21 bits per heavy atom. The Bertz CT molecular complexity index is 549. The predicted molar refractivity (Wildman–Crippen MR) is 73.1 cm³/mol. The first-order valence-corrected chi connectivity index (χ1v) is 6.20. The summed E-state index contributed by atoms with van der Waals surface area (Å²) >= 11 is 0. The number of aromatic hydroxyl groups is 1. The van der Waals surface area contributed by atoms with E-state index in [1.165, 1.54) is 0 Å². The summed E-state index contributed by atoms with van der Waals surface area (Å²) in [6.45, 7) is 0. The first-order chi connectivity index (χ1) is 9.15. The zero-order valence-electron chi connectivity index (χ0n) is 10.5. The highest BCUT2D eigenvalue weighted by Crippen LogP contribution is 2.18. The number of benzene rings is 2. The fraction of sp³-hybridized carbons (Fsp3) is 0.188. The van der Waals surface area contributed by atoms with Crippen LogP contribution < -0.4 is 0 Å². The number of rotatable bonds is 5. The summed E-state index contributed by atoms with van der Waals surface area (Å²) in [6, 6.07) is 16.3. The third kappa shape index (κ3) is 3.85. The number of carbonyl (C=O) groups is 1. The number of phenols is 1. The molecular weight excluding hydrogens is 240 g/mol. The first-order valence-electron chi connectivity index (χ1n) is 6.20. The quantitative estimate of drug-likeness (QED) is 0.864. The maximum absolute atomic E-state index is 11.3. The van der Waals surface area contributed by atoms with Gasteiger partial charge in [0.1, 0.15) is 5.75 Å². The second-order valence-electron chi connectivity index (χ2n) is 4.60. The summed E-state index contributed by atoms with van der Waals surface area (Å²) in [6.07, 6.45) is 0.907. The maximum Gasteiger partial charge on any atom is 0.307 e. The van der Waals surface area contributed by atoms with Crippen LogP contribution in [0.25, 0.3) is 0 Å². The van der Waals surface area contributed by atoms with E-state index in [1.807, 2.05) is 36.4 Å². The van der Waals surface area contributed by atoms with Crippen molar-refractivity contribution in [3.05, 3.63) is 65.7 Å². The highest BCUT2D eigenvalue weighted by Gasteiger charge is 2.18. The third-order valence-electron chi connectivity index (χ3n) is 3.07. The lowest BCUT2D eigenvalue weighted by atomic mass is 9.92. The molecule has 3 heteroatoms. The molecule has 0 aliphatic heterocycles. The van der Waals surface area contributed by atoms with Gasteiger partial charge in [-0.05, 0) is 36.1 Å². The van der Waals surface area contributed by atoms with Crippen LogP contribution in [0.2, 0.25) is 0 Å². The van der Waals surface area contributed by atoms with Crippen LogP contribution in [0.15, 0.2) is 54.6 Å². The zero-order valence-corrected chi connectivity index (χ0v) is 10.5. The Balaban J connectivity index is 2.11. The molecule has 2 N–H and O–H groups in total. The largest absolute Gasteiger partial charge is 0.508 e. The Morgan fingerprint density at radius 2 is 1.58 bits per heavy atom. The van der Waals surface area contributed by atoms with Crippen LogP contribution in [0.4, 0.5) is 0 Å². The fourth-order valence-electron chi connectivity index (χ4n) is 2.11. The van der Waals surface area contributed by atoms with Crippen molar-refractivity contribution >= 4 is 5.97 Å². The Labute approximate surface area is 112 Å². The van der Waals surface area contributed by atoms with Crippen LogP contribution in [-0.4, -0.2) is 16.2 Å². The molecule has 3 nitrogen and oxygen atoms in total. The van der Waals surface area contributed by atoms with Gasteiger partial charge in [-0.1, -0.05) is 42.5 Å². The smallest absolute Gasteiger partial charge is 0.307 e. The van der Waals surface area contributed by atoms with Crippen molar-refractivity contribution in [2.75, 3.05) is 0 Å². The summed E-state index contributed by atoms with van der Waals surface area (Å²) in [5, 5.41) is 18.7. The molecule has 0 aromatic heterocycles. The van der Waals surface area contributed by atoms with E-state index in [-0.39, 0.29) is 5.75 Å². The topological polar surface area (TPSA) is 57.5 Å². The number of hydrogen-bond acceptors (Lipinski definition) is 2. The molecule has 98 valence electrons. The van der Waals surface area contributed by atoms with E-state index in [1.54, 1.807) is 18.2 Å². The van der Waals surface area contributed by atoms with Gasteiger partial charge < -0.3 is 10.2 Å². The average molecular weight is 256 g/mol. The van der Waals surface area contributed by atoms with E-state index >= 15 is 0 Å². The third-order valence-corrected chi connectivity index (χ3v) is 3.07. The molecule has 0 saturated carbocycles. The first kappa shape index (κ1) is 13.1. The molecule has 0 bridgehead atoms. The summed E-state index contributed by atoms with van der Waals surface area (Å²) in [4.78, 5) is 11.3. The molecule has 0 aliphatic carbocycles. The molecule has 0 heterocycles. The van der Waals surface area contributed by atoms with Gasteiger partial charge in [0.25, 0.3) is 0 Å². The van der Waals surface area contributed by atoms with Crippen molar-refractivity contribution in [2.24, 2.45) is 5.92 Å². The van der Waals surface area contributed by atoms with E-state index in [0.29, 0.717) is 12.8 Å². The van der Waals surface area contributed by atoms with Gasteiger partial charge in [-0.3, -0.25) is 4.79 Å². The molecular formula is C16H16O3. The van der Waals surface area contributed by atoms with Crippen molar-refractivity contribution < 1.29 is 15.0 Å². The summed E-state index contributed by atoms with van der Waals surface area (Å²) in [7, 11) is 0. The Kier molecular flexibility index (Phi) is 4.18. The van der Waals surface area contributed by atoms with Gasteiger partial charge in [0.05, 0.1) is 5.92 Å². The second kappa shape index (κ2) is 6.05. The molecule has 0 spiro atoms. The minimum Gasteiger partial charge on any atom is -0.508 e. The summed E-state index contributed by atoms with van der Waals surface area (Å²) < 4.78 is 0. The molecule has 2 aromatic rings. The maximum atomic E-state index is 11.3. The van der Waals surface area contributed by atoms with E-state index in [0.717, 1.165) is 11.1 Å². The standard InChI is InChI=1S/C16H16O3/c17-15-8-4-7-13(11-15)10-14(16(18)19)9-12-5-2-1-3-6-12/h1-8,11,14,17H,9-10H2,(H,18,19). The van der Waals surface area contributed by atoms with Gasteiger partial charge >= 0.3 is 5.97 Å². The molecule has 0 radical (unpaired) electrons. The summed E-state index contributed by atoms with van der Waals surface area (Å²) in [5.41, 5.74) is 1.85. The number of aliphatic carboxylic acids is 1. The van der Waals surface area contributed by atoms with Gasteiger partial charge in [0.15, 0.2) is 0 Å². The van der Waals surface area contributed by atoms with Crippen LogP contribution >= 0.6 is 0 Å². The Morgan fingerprint density at radius 1 is 0.947 bits per heavy atom. The number of phenolic OH excluding ortho intramolecular Hbond substituents is 1. The minimum absolute atomic E-state index is 0.168. The number of hydrogen-bond donors (Lipinski definition) is 2. The molecule has 0 fully saturated rings. The highest BCUT2D eigenvalue weighted by molar-refractivity contribution is 5.71. The monoisotopic (exact) mass is 256 g/mol. The van der Waals surface area contributed by atoms with Crippen molar-refractivity contribution in [2.45, 2.75) is 12.8 Å². The van der Waals surface area contributed by atoms with Gasteiger partial charge in [-0.15, -0.1) is 0 Å². The molecule has 0 amide bonds. The van der Waals surface area contributed by atoms with E-state index < -0.39 is 11.9 Å². The summed E-state index contributed by atoms with van der Waals surface area (Å²) in [5.74, 6) is -1.13. The number of carboxylic acids is 1. The van der Waals surface area contributed by atoms with Gasteiger partial charge in [0, 0.05) is 0 Å². The van der Waals surface area contributed by atoms with Crippen molar-refractivity contribution in [3.8, 4) is 5.75 Å². The second-order valence-corrected chi connectivity index (χ2v) is 4.60. The lowest BCUT2D eigenvalue weighted by Gasteiger charge is -2.12. The van der Waals surface area contributed by atoms with Crippen LogP contribution in [0.5, 0.6) is 5.75 Å². The molecule has 0 saturated heterocycles. The molecule has 19 heavy (non-hydrogen) atoms. The van der Waals surface area contributed by atoms with E-state index in [9.17, 15) is 15.0 Å². The molecule has 1 unspecified atom stereocenters. The van der Waals surface area contributed by atoms with Crippen LogP contribution in [-0.2, 0) is 17.6 Å². The molecule has 2 aromatic carbocycles. The van der Waals surface area contributed by atoms with Gasteiger partial charge in [-0.2, -0.15) is 0 Å².